The van der Waals surface area contributed by atoms with Crippen molar-refractivity contribution in [3.63, 3.8) is 0 Å². The Kier molecular flexibility index (Phi) is 6.47. The molecule has 0 unspecified atom stereocenters. The third-order valence-electron chi connectivity index (χ3n) is 5.92. The van der Waals surface area contributed by atoms with Gasteiger partial charge < -0.3 is 15.1 Å². The van der Waals surface area contributed by atoms with E-state index in [4.69, 9.17) is 0 Å². The van der Waals surface area contributed by atoms with E-state index in [1.165, 1.54) is 11.3 Å². The smallest absolute Gasteiger partial charge is 0.263 e. The summed E-state index contributed by atoms with van der Waals surface area (Å²) in [6.07, 6.45) is 3.49. The molecule has 2 aliphatic heterocycles. The van der Waals surface area contributed by atoms with Crippen LogP contribution in [0.1, 0.15) is 51.3 Å². The van der Waals surface area contributed by atoms with Gasteiger partial charge in [0.05, 0.1) is 4.88 Å². The summed E-state index contributed by atoms with van der Waals surface area (Å²) in [5.41, 5.74) is 1.61. The minimum Gasteiger partial charge on any atom is -0.352 e. The number of thiophene rings is 1. The molecule has 30 heavy (non-hydrogen) atoms. The highest BCUT2D eigenvalue weighted by Gasteiger charge is 2.28. The van der Waals surface area contributed by atoms with E-state index in [1.807, 2.05) is 51.6 Å². The summed E-state index contributed by atoms with van der Waals surface area (Å²) in [6, 6.07) is 11.2. The summed E-state index contributed by atoms with van der Waals surface area (Å²) >= 11 is 1.45. The van der Waals surface area contributed by atoms with E-state index in [9.17, 15) is 14.4 Å². The van der Waals surface area contributed by atoms with Crippen molar-refractivity contribution >= 4 is 29.1 Å². The highest BCUT2D eigenvalue weighted by atomic mass is 32.1. The molecule has 0 spiro atoms. The predicted octanol–water partition coefficient (Wildman–Crippen LogP) is 3.15. The molecule has 0 aliphatic carbocycles. The molecule has 3 heterocycles. The number of hydrogen-bond acceptors (Lipinski definition) is 4. The van der Waals surface area contributed by atoms with Gasteiger partial charge in [-0.1, -0.05) is 18.2 Å². The predicted molar refractivity (Wildman–Crippen MR) is 116 cm³/mol. The molecule has 0 atom stereocenters. The molecule has 0 bridgehead atoms. The van der Waals surface area contributed by atoms with Gasteiger partial charge in [-0.2, -0.15) is 0 Å². The van der Waals surface area contributed by atoms with Gasteiger partial charge in [0.15, 0.2) is 0 Å². The highest BCUT2D eigenvalue weighted by molar-refractivity contribution is 7.12. The van der Waals surface area contributed by atoms with Gasteiger partial charge in [-0.3, -0.25) is 14.4 Å². The fourth-order valence-corrected chi connectivity index (χ4v) is 4.84. The summed E-state index contributed by atoms with van der Waals surface area (Å²) in [5.74, 6) is 0.0769. The molecule has 1 aromatic heterocycles. The van der Waals surface area contributed by atoms with Gasteiger partial charge in [-0.05, 0) is 54.8 Å². The van der Waals surface area contributed by atoms with Gasteiger partial charge >= 0.3 is 0 Å². The summed E-state index contributed by atoms with van der Waals surface area (Å²) in [6.45, 7) is 3.28. The number of rotatable bonds is 5. The van der Waals surface area contributed by atoms with Crippen molar-refractivity contribution in [3.8, 4) is 0 Å². The monoisotopic (exact) mass is 425 g/mol. The van der Waals surface area contributed by atoms with Gasteiger partial charge in [0.25, 0.3) is 11.8 Å². The van der Waals surface area contributed by atoms with Crippen molar-refractivity contribution in [2.45, 2.75) is 32.2 Å². The fraction of sp³-hybridized carbons (Fsp3) is 0.435. The second-order valence-electron chi connectivity index (χ2n) is 7.96. The lowest BCUT2D eigenvalue weighted by Crippen LogP contribution is -2.42. The molecular formula is C23H27N3O3S. The molecule has 2 aliphatic rings. The molecule has 6 nitrogen and oxygen atoms in total. The molecule has 1 aromatic carbocycles. The van der Waals surface area contributed by atoms with Crippen LogP contribution < -0.4 is 5.32 Å². The van der Waals surface area contributed by atoms with Gasteiger partial charge in [0.2, 0.25) is 5.91 Å². The summed E-state index contributed by atoms with van der Waals surface area (Å²) in [5, 5.41) is 4.91. The molecule has 7 heteroatoms. The highest BCUT2D eigenvalue weighted by Crippen LogP contribution is 2.21. The zero-order valence-corrected chi connectivity index (χ0v) is 17.8. The maximum Gasteiger partial charge on any atom is 0.263 e. The first-order valence-electron chi connectivity index (χ1n) is 10.6. The van der Waals surface area contributed by atoms with Crippen LogP contribution >= 0.6 is 11.3 Å². The minimum absolute atomic E-state index is 0.0227. The van der Waals surface area contributed by atoms with Crippen LogP contribution in [0.4, 0.5) is 0 Å². The summed E-state index contributed by atoms with van der Waals surface area (Å²) in [4.78, 5) is 42.1. The zero-order valence-electron chi connectivity index (χ0n) is 17.0. The second kappa shape index (κ2) is 9.43. The van der Waals surface area contributed by atoms with E-state index in [1.54, 1.807) is 0 Å². The van der Waals surface area contributed by atoms with Crippen LogP contribution in [0.15, 0.2) is 41.8 Å². The first kappa shape index (κ1) is 20.6. The standard InChI is InChI=1S/C23H27N3O3S/c27-21(18-8-12-26(13-9-18)23(29)20-7-4-14-30-20)24-16-17-5-3-6-19(15-17)22(28)25-10-1-2-11-25/h3-7,14-15,18H,1-2,8-13,16H2,(H,24,27). The molecular weight excluding hydrogens is 398 g/mol. The van der Waals surface area contributed by atoms with Crippen LogP contribution in [0, 0.1) is 5.92 Å². The first-order chi connectivity index (χ1) is 14.6. The lowest BCUT2D eigenvalue weighted by molar-refractivity contribution is -0.126. The fourth-order valence-electron chi connectivity index (χ4n) is 4.15. The van der Waals surface area contributed by atoms with Gasteiger partial charge in [-0.25, -0.2) is 0 Å². The third kappa shape index (κ3) is 4.73. The largest absolute Gasteiger partial charge is 0.352 e. The summed E-state index contributed by atoms with van der Waals surface area (Å²) < 4.78 is 0. The number of carbonyl (C=O) groups excluding carboxylic acids is 3. The SMILES string of the molecule is O=C(NCc1cccc(C(=O)N2CCCC2)c1)C1CCN(C(=O)c2cccs2)CC1. The number of nitrogens with zero attached hydrogens (tertiary/aromatic N) is 2. The molecule has 2 aromatic rings. The molecule has 3 amide bonds. The Morgan fingerprint density at radius 2 is 1.67 bits per heavy atom. The Labute approximate surface area is 180 Å². The second-order valence-corrected chi connectivity index (χ2v) is 8.91. The molecule has 0 radical (unpaired) electrons. The van der Waals surface area contributed by atoms with Crippen LogP contribution in [0.25, 0.3) is 0 Å². The normalized spacial score (nSPS) is 17.2. The zero-order chi connectivity index (χ0) is 20.9. The molecule has 2 saturated heterocycles. The number of amides is 3. The van der Waals surface area contributed by atoms with Crippen LogP contribution in [0.3, 0.4) is 0 Å². The van der Waals surface area contributed by atoms with Crippen molar-refractivity contribution in [1.82, 2.24) is 15.1 Å². The van der Waals surface area contributed by atoms with E-state index in [2.05, 4.69) is 5.32 Å². The molecule has 2 fully saturated rings. The first-order valence-corrected chi connectivity index (χ1v) is 11.5. The maximum atomic E-state index is 12.6. The number of piperidine rings is 1. The van der Waals surface area contributed by atoms with Gasteiger partial charge in [0, 0.05) is 44.2 Å². The van der Waals surface area contributed by atoms with Gasteiger partial charge in [0.1, 0.15) is 0 Å². The van der Waals surface area contributed by atoms with Crippen LogP contribution in [-0.4, -0.2) is 53.7 Å². The number of carbonyl (C=O) groups is 3. The van der Waals surface area contributed by atoms with Crippen LogP contribution in [0.2, 0.25) is 0 Å². The van der Waals surface area contributed by atoms with E-state index < -0.39 is 0 Å². The Morgan fingerprint density at radius 1 is 0.933 bits per heavy atom. The molecule has 158 valence electrons. The van der Waals surface area contributed by atoms with Crippen molar-refractivity contribution in [2.75, 3.05) is 26.2 Å². The Bertz CT molecular complexity index is 898. The Morgan fingerprint density at radius 3 is 2.37 bits per heavy atom. The van der Waals surface area contributed by atoms with E-state index in [0.29, 0.717) is 38.0 Å². The Balaban J connectivity index is 1.26. The molecule has 4 rings (SSSR count). The van der Waals surface area contributed by atoms with Crippen molar-refractivity contribution in [3.05, 3.63) is 57.8 Å². The molecule has 0 saturated carbocycles. The van der Waals surface area contributed by atoms with E-state index in [0.717, 1.165) is 36.4 Å². The average molecular weight is 426 g/mol. The van der Waals surface area contributed by atoms with Crippen molar-refractivity contribution in [2.24, 2.45) is 5.92 Å². The lowest BCUT2D eigenvalue weighted by atomic mass is 9.95. The number of benzene rings is 1. The van der Waals surface area contributed by atoms with Crippen molar-refractivity contribution in [1.29, 1.82) is 0 Å². The van der Waals surface area contributed by atoms with E-state index >= 15 is 0 Å². The number of hydrogen-bond donors (Lipinski definition) is 1. The Hall–Kier alpha value is -2.67. The maximum absolute atomic E-state index is 12.6. The van der Waals surface area contributed by atoms with Crippen LogP contribution in [-0.2, 0) is 11.3 Å². The lowest BCUT2D eigenvalue weighted by Gasteiger charge is -2.31. The summed E-state index contributed by atoms with van der Waals surface area (Å²) in [7, 11) is 0. The van der Waals surface area contributed by atoms with Gasteiger partial charge in [-0.15, -0.1) is 11.3 Å². The quantitative estimate of drug-likeness (QED) is 0.800. The number of likely N-dealkylation sites (tertiary alicyclic amines) is 2. The topological polar surface area (TPSA) is 69.7 Å². The van der Waals surface area contributed by atoms with Crippen LogP contribution in [0.5, 0.6) is 0 Å². The third-order valence-corrected chi connectivity index (χ3v) is 6.78. The number of nitrogens with one attached hydrogen (secondary N) is 1. The average Bonchev–Trinajstić information content (AvgIpc) is 3.51. The minimum atomic E-state index is -0.0770. The van der Waals surface area contributed by atoms with Crippen molar-refractivity contribution < 1.29 is 14.4 Å². The van der Waals surface area contributed by atoms with E-state index in [-0.39, 0.29) is 23.6 Å². The molecule has 1 N–H and O–H groups in total.